The number of piperidine rings is 1. The summed E-state index contributed by atoms with van der Waals surface area (Å²) in [5.74, 6) is 1.60. The molecule has 1 saturated heterocycles. The highest BCUT2D eigenvalue weighted by Gasteiger charge is 2.22. The van der Waals surface area contributed by atoms with Crippen LogP contribution in [0.1, 0.15) is 31.7 Å². The zero-order chi connectivity index (χ0) is 15.1. The van der Waals surface area contributed by atoms with Crippen molar-refractivity contribution in [2.24, 2.45) is 5.92 Å². The Morgan fingerprint density at radius 2 is 2.14 bits per heavy atom. The molecule has 2 N–H and O–H groups in total. The number of methoxy groups -OCH3 is 1. The highest BCUT2D eigenvalue weighted by Crippen LogP contribution is 2.17. The normalized spacial score (nSPS) is 21.8. The SMILES string of the molecule is COc1ccc(CCNC(=O)CC2NCCCC2C)cc1. The van der Waals surface area contributed by atoms with E-state index in [1.54, 1.807) is 7.11 Å². The van der Waals surface area contributed by atoms with Crippen LogP contribution in [0.3, 0.4) is 0 Å². The van der Waals surface area contributed by atoms with Crippen LogP contribution in [-0.2, 0) is 11.2 Å². The van der Waals surface area contributed by atoms with Crippen molar-refractivity contribution in [3.8, 4) is 5.75 Å². The van der Waals surface area contributed by atoms with E-state index in [0.717, 1.165) is 18.7 Å². The first kappa shape index (κ1) is 15.8. The molecule has 1 aliphatic heterocycles. The number of hydrogen-bond acceptors (Lipinski definition) is 3. The summed E-state index contributed by atoms with van der Waals surface area (Å²) in [4.78, 5) is 12.0. The number of amides is 1. The van der Waals surface area contributed by atoms with Crippen LogP contribution in [0.4, 0.5) is 0 Å². The van der Waals surface area contributed by atoms with Crippen LogP contribution in [-0.4, -0.2) is 32.1 Å². The lowest BCUT2D eigenvalue weighted by atomic mass is 9.90. The van der Waals surface area contributed by atoms with Crippen LogP contribution in [0.5, 0.6) is 5.75 Å². The molecular formula is C17H26N2O2. The maximum atomic E-state index is 12.0. The summed E-state index contributed by atoms with van der Waals surface area (Å²) in [6.07, 6.45) is 3.88. The predicted molar refractivity (Wildman–Crippen MR) is 84.5 cm³/mol. The number of carbonyl (C=O) groups is 1. The lowest BCUT2D eigenvalue weighted by Crippen LogP contribution is -2.43. The fourth-order valence-electron chi connectivity index (χ4n) is 2.80. The molecule has 0 aromatic heterocycles. The van der Waals surface area contributed by atoms with Gasteiger partial charge in [-0.05, 0) is 49.4 Å². The Hall–Kier alpha value is -1.55. The monoisotopic (exact) mass is 290 g/mol. The van der Waals surface area contributed by atoms with Crippen molar-refractivity contribution in [3.63, 3.8) is 0 Å². The van der Waals surface area contributed by atoms with Crippen molar-refractivity contribution >= 4 is 5.91 Å². The number of nitrogens with one attached hydrogen (secondary N) is 2. The van der Waals surface area contributed by atoms with Gasteiger partial charge >= 0.3 is 0 Å². The van der Waals surface area contributed by atoms with Gasteiger partial charge in [0.1, 0.15) is 5.75 Å². The van der Waals surface area contributed by atoms with Gasteiger partial charge in [-0.1, -0.05) is 19.1 Å². The minimum Gasteiger partial charge on any atom is -0.497 e. The van der Waals surface area contributed by atoms with Crippen molar-refractivity contribution in [2.75, 3.05) is 20.2 Å². The van der Waals surface area contributed by atoms with Crippen molar-refractivity contribution in [1.29, 1.82) is 0 Å². The zero-order valence-corrected chi connectivity index (χ0v) is 13.0. The molecule has 1 aliphatic rings. The molecule has 21 heavy (non-hydrogen) atoms. The molecular weight excluding hydrogens is 264 g/mol. The van der Waals surface area contributed by atoms with Crippen molar-refractivity contribution in [2.45, 2.75) is 38.6 Å². The van der Waals surface area contributed by atoms with E-state index in [9.17, 15) is 4.79 Å². The third kappa shape index (κ3) is 5.05. The van der Waals surface area contributed by atoms with E-state index in [1.165, 1.54) is 18.4 Å². The third-order valence-electron chi connectivity index (χ3n) is 4.23. The number of benzene rings is 1. The van der Waals surface area contributed by atoms with Gasteiger partial charge in [-0.2, -0.15) is 0 Å². The van der Waals surface area contributed by atoms with Crippen LogP contribution in [0.25, 0.3) is 0 Å². The molecule has 4 nitrogen and oxygen atoms in total. The van der Waals surface area contributed by atoms with E-state index in [0.29, 0.717) is 24.9 Å². The quantitative estimate of drug-likeness (QED) is 0.844. The maximum Gasteiger partial charge on any atom is 0.221 e. The van der Waals surface area contributed by atoms with Gasteiger partial charge in [0.15, 0.2) is 0 Å². The first-order chi connectivity index (χ1) is 10.2. The van der Waals surface area contributed by atoms with Gasteiger partial charge in [0.05, 0.1) is 7.11 Å². The lowest BCUT2D eigenvalue weighted by molar-refractivity contribution is -0.121. The van der Waals surface area contributed by atoms with Gasteiger partial charge in [0.2, 0.25) is 5.91 Å². The van der Waals surface area contributed by atoms with Crippen LogP contribution >= 0.6 is 0 Å². The first-order valence-electron chi connectivity index (χ1n) is 7.82. The van der Waals surface area contributed by atoms with Gasteiger partial charge in [-0.3, -0.25) is 4.79 Å². The van der Waals surface area contributed by atoms with Crippen LogP contribution in [0.15, 0.2) is 24.3 Å². The summed E-state index contributed by atoms with van der Waals surface area (Å²) in [5.41, 5.74) is 1.21. The molecule has 2 atom stereocenters. The number of hydrogen-bond donors (Lipinski definition) is 2. The third-order valence-corrected chi connectivity index (χ3v) is 4.23. The second-order valence-electron chi connectivity index (χ2n) is 5.83. The molecule has 0 aliphatic carbocycles. The number of carbonyl (C=O) groups excluding carboxylic acids is 1. The van der Waals surface area contributed by atoms with E-state index in [2.05, 4.69) is 17.6 Å². The van der Waals surface area contributed by atoms with Gasteiger partial charge in [-0.25, -0.2) is 0 Å². The summed E-state index contributed by atoms with van der Waals surface area (Å²) >= 11 is 0. The first-order valence-corrected chi connectivity index (χ1v) is 7.82. The van der Waals surface area contributed by atoms with Gasteiger partial charge in [0, 0.05) is 19.0 Å². The Morgan fingerprint density at radius 3 is 2.81 bits per heavy atom. The highest BCUT2D eigenvalue weighted by molar-refractivity contribution is 5.76. The summed E-state index contributed by atoms with van der Waals surface area (Å²) < 4.78 is 5.13. The number of rotatable bonds is 6. The molecule has 0 spiro atoms. The fourth-order valence-corrected chi connectivity index (χ4v) is 2.80. The molecule has 1 heterocycles. The van der Waals surface area contributed by atoms with E-state index >= 15 is 0 Å². The van der Waals surface area contributed by atoms with E-state index in [-0.39, 0.29) is 5.91 Å². The van der Waals surface area contributed by atoms with Crippen LogP contribution < -0.4 is 15.4 Å². The second-order valence-corrected chi connectivity index (χ2v) is 5.83. The molecule has 1 fully saturated rings. The van der Waals surface area contributed by atoms with Crippen LogP contribution in [0, 0.1) is 5.92 Å². The Bertz CT molecular complexity index is 445. The predicted octanol–water partition coefficient (Wildman–Crippen LogP) is 2.13. The van der Waals surface area contributed by atoms with Gasteiger partial charge in [0.25, 0.3) is 0 Å². The molecule has 4 heteroatoms. The Labute approximate surface area is 127 Å². The van der Waals surface area contributed by atoms with E-state index in [4.69, 9.17) is 4.74 Å². The second kappa shape index (κ2) is 8.03. The molecule has 1 aromatic rings. The largest absolute Gasteiger partial charge is 0.497 e. The Kier molecular flexibility index (Phi) is 6.05. The Balaban J connectivity index is 1.68. The molecule has 2 unspecified atom stereocenters. The molecule has 0 radical (unpaired) electrons. The molecule has 1 aromatic carbocycles. The molecule has 116 valence electrons. The van der Waals surface area contributed by atoms with Crippen molar-refractivity contribution < 1.29 is 9.53 Å². The van der Waals surface area contributed by atoms with Crippen LogP contribution in [0.2, 0.25) is 0 Å². The lowest BCUT2D eigenvalue weighted by Gasteiger charge is -2.29. The summed E-state index contributed by atoms with van der Waals surface area (Å²) in [7, 11) is 1.66. The molecule has 0 saturated carbocycles. The van der Waals surface area contributed by atoms with Gasteiger partial charge in [-0.15, -0.1) is 0 Å². The summed E-state index contributed by atoms with van der Waals surface area (Å²) in [6, 6.07) is 8.31. The minimum absolute atomic E-state index is 0.148. The molecule has 1 amide bonds. The topological polar surface area (TPSA) is 50.4 Å². The van der Waals surface area contributed by atoms with E-state index < -0.39 is 0 Å². The fraction of sp³-hybridized carbons (Fsp3) is 0.588. The Morgan fingerprint density at radius 1 is 1.38 bits per heavy atom. The minimum atomic E-state index is 0.148. The highest BCUT2D eigenvalue weighted by atomic mass is 16.5. The van der Waals surface area contributed by atoms with E-state index in [1.807, 2.05) is 24.3 Å². The van der Waals surface area contributed by atoms with Gasteiger partial charge < -0.3 is 15.4 Å². The zero-order valence-electron chi connectivity index (χ0n) is 13.0. The maximum absolute atomic E-state index is 12.0. The average molecular weight is 290 g/mol. The van der Waals surface area contributed by atoms with Crippen molar-refractivity contribution in [3.05, 3.63) is 29.8 Å². The smallest absolute Gasteiger partial charge is 0.221 e. The average Bonchev–Trinajstić information content (AvgIpc) is 2.50. The summed E-state index contributed by atoms with van der Waals surface area (Å²) in [5, 5.41) is 6.46. The van der Waals surface area contributed by atoms with Crippen molar-refractivity contribution in [1.82, 2.24) is 10.6 Å². The number of ether oxygens (including phenoxy) is 1. The standard InChI is InChI=1S/C17H26N2O2/c1-13-4-3-10-18-16(13)12-17(20)19-11-9-14-5-7-15(21-2)8-6-14/h5-8,13,16,18H,3-4,9-12H2,1-2H3,(H,19,20). The molecule has 2 rings (SSSR count). The summed E-state index contributed by atoms with van der Waals surface area (Å²) in [6.45, 7) is 3.95. The molecule has 0 bridgehead atoms.